The molecule has 10 nitrogen and oxygen atoms in total. The van der Waals surface area contributed by atoms with Gasteiger partial charge in [-0.1, -0.05) is 23.7 Å². The number of nitrogens with zero attached hydrogens (tertiary/aromatic N) is 6. The van der Waals surface area contributed by atoms with E-state index in [0.717, 1.165) is 11.5 Å². The monoisotopic (exact) mass is 473 g/mol. The van der Waals surface area contributed by atoms with Crippen molar-refractivity contribution in [1.29, 1.82) is 0 Å². The van der Waals surface area contributed by atoms with E-state index in [4.69, 9.17) is 21.1 Å². The Morgan fingerprint density at radius 1 is 1.28 bits per heavy atom. The minimum Gasteiger partial charge on any atom is -0.461 e. The number of carbonyl (C=O) groups excluding carboxylic acids is 1. The van der Waals surface area contributed by atoms with Gasteiger partial charge in [0.15, 0.2) is 5.65 Å². The van der Waals surface area contributed by atoms with Crippen LogP contribution in [0.4, 0.5) is 5.13 Å². The topological polar surface area (TPSA) is 117 Å². The van der Waals surface area contributed by atoms with E-state index in [0.29, 0.717) is 32.7 Å². The van der Waals surface area contributed by atoms with Gasteiger partial charge in [0.25, 0.3) is 5.91 Å². The first-order chi connectivity index (χ1) is 15.4. The highest BCUT2D eigenvalue weighted by Gasteiger charge is 2.25. The molecule has 0 aliphatic heterocycles. The van der Waals surface area contributed by atoms with Crippen molar-refractivity contribution in [2.45, 2.75) is 33.0 Å². The molecule has 0 spiro atoms. The summed E-state index contributed by atoms with van der Waals surface area (Å²) in [5.41, 5.74) is 1.16. The predicted octanol–water partition coefficient (Wildman–Crippen LogP) is 3.44. The van der Waals surface area contributed by atoms with Gasteiger partial charge in [0, 0.05) is 11.5 Å². The van der Waals surface area contributed by atoms with Gasteiger partial charge in [0.05, 0.1) is 29.6 Å². The van der Waals surface area contributed by atoms with Crippen LogP contribution >= 0.6 is 23.1 Å². The van der Waals surface area contributed by atoms with E-state index in [9.17, 15) is 4.79 Å². The summed E-state index contributed by atoms with van der Waals surface area (Å²) in [5.74, 6) is 0.354. The first-order valence-electron chi connectivity index (χ1n) is 9.75. The molecule has 0 aliphatic rings. The number of hydrogen-bond donors (Lipinski definition) is 1. The number of aryl methyl sites for hydroxylation is 1. The number of hydrogen-bond acceptors (Lipinski definition) is 9. The number of amides is 1. The standard InChI is InChI=1S/C20H20ClN7O3S/c1-11(2)30-9-16(18(29)26-20-25-12(3)27-32-20)31-19-13-8-24-28(17(13)22-10-23-19)15-7-5-4-6-14(15)21/h4-8,10-11,16H,9H2,1-3H3,(H,25,26,27,29)/t16-/m0/s1. The summed E-state index contributed by atoms with van der Waals surface area (Å²) in [6.45, 7) is 5.51. The quantitative estimate of drug-likeness (QED) is 0.413. The molecule has 3 aromatic heterocycles. The maximum absolute atomic E-state index is 12.9. The summed E-state index contributed by atoms with van der Waals surface area (Å²) in [6.07, 6.45) is 1.84. The van der Waals surface area contributed by atoms with Crippen LogP contribution in [0.25, 0.3) is 16.7 Å². The fourth-order valence-corrected chi connectivity index (χ4v) is 3.62. The number of aromatic nitrogens is 6. The van der Waals surface area contributed by atoms with E-state index in [2.05, 4.69) is 29.7 Å². The molecule has 1 amide bonds. The van der Waals surface area contributed by atoms with Crippen LogP contribution < -0.4 is 10.1 Å². The van der Waals surface area contributed by atoms with E-state index in [1.54, 1.807) is 23.9 Å². The minimum atomic E-state index is -0.983. The second-order valence-corrected chi connectivity index (χ2v) is 8.21. The zero-order chi connectivity index (χ0) is 22.7. The number of benzene rings is 1. The van der Waals surface area contributed by atoms with Crippen molar-refractivity contribution < 1.29 is 14.3 Å². The SMILES string of the molecule is Cc1nsc(NC(=O)[C@H](COC(C)C)Oc2ncnc3c2cnn3-c2ccccc2Cl)n1. The van der Waals surface area contributed by atoms with Crippen LogP contribution in [0, 0.1) is 6.92 Å². The number of ether oxygens (including phenoxy) is 2. The maximum atomic E-state index is 12.9. The smallest absolute Gasteiger partial charge is 0.269 e. The molecule has 3 heterocycles. The highest BCUT2D eigenvalue weighted by atomic mass is 35.5. The molecule has 0 radical (unpaired) electrons. The highest BCUT2D eigenvalue weighted by Crippen LogP contribution is 2.27. The Kier molecular flexibility index (Phi) is 6.58. The zero-order valence-electron chi connectivity index (χ0n) is 17.5. The fourth-order valence-electron chi connectivity index (χ4n) is 2.83. The molecule has 1 N–H and O–H groups in total. The third-order valence-corrected chi connectivity index (χ3v) is 5.34. The van der Waals surface area contributed by atoms with Crippen LogP contribution in [-0.2, 0) is 9.53 Å². The summed E-state index contributed by atoms with van der Waals surface area (Å²) >= 11 is 7.41. The predicted molar refractivity (Wildman–Crippen MR) is 120 cm³/mol. The lowest BCUT2D eigenvalue weighted by molar-refractivity contribution is -0.126. The number of para-hydroxylation sites is 1. The third kappa shape index (κ3) is 4.85. The molecule has 0 saturated heterocycles. The number of fused-ring (bicyclic) bond motifs is 1. The summed E-state index contributed by atoms with van der Waals surface area (Å²) in [7, 11) is 0. The molecule has 1 atom stereocenters. The first kappa shape index (κ1) is 22.1. The Morgan fingerprint density at radius 3 is 2.81 bits per heavy atom. The Bertz CT molecular complexity index is 1240. The van der Waals surface area contributed by atoms with Crippen LogP contribution in [0.15, 0.2) is 36.8 Å². The summed E-state index contributed by atoms with van der Waals surface area (Å²) < 4.78 is 17.3. The second kappa shape index (κ2) is 9.55. The van der Waals surface area contributed by atoms with Crippen molar-refractivity contribution >= 4 is 45.2 Å². The Labute approximate surface area is 192 Å². The van der Waals surface area contributed by atoms with Crippen LogP contribution in [0.1, 0.15) is 19.7 Å². The van der Waals surface area contributed by atoms with E-state index in [-0.39, 0.29) is 18.6 Å². The lowest BCUT2D eigenvalue weighted by atomic mass is 10.3. The van der Waals surface area contributed by atoms with Crippen molar-refractivity contribution in [2.75, 3.05) is 11.9 Å². The molecular formula is C20H20ClN7O3S. The lowest BCUT2D eigenvalue weighted by Gasteiger charge is -2.19. The van der Waals surface area contributed by atoms with Crippen molar-refractivity contribution in [3.63, 3.8) is 0 Å². The van der Waals surface area contributed by atoms with Gasteiger partial charge < -0.3 is 9.47 Å². The van der Waals surface area contributed by atoms with Gasteiger partial charge in [-0.15, -0.1) is 0 Å². The molecule has 32 heavy (non-hydrogen) atoms. The molecule has 12 heteroatoms. The second-order valence-electron chi connectivity index (χ2n) is 7.05. The Hall–Kier alpha value is -3.15. The molecular weight excluding hydrogens is 454 g/mol. The average Bonchev–Trinajstić information content (AvgIpc) is 3.37. The average molecular weight is 474 g/mol. The van der Waals surface area contributed by atoms with Gasteiger partial charge in [-0.05, 0) is 32.9 Å². The summed E-state index contributed by atoms with van der Waals surface area (Å²) in [6, 6.07) is 7.28. The van der Waals surface area contributed by atoms with Gasteiger partial charge in [-0.3, -0.25) is 10.1 Å². The summed E-state index contributed by atoms with van der Waals surface area (Å²) in [4.78, 5) is 25.6. The fraction of sp³-hybridized carbons (Fsp3) is 0.300. The van der Waals surface area contributed by atoms with Crippen LogP contribution in [0.5, 0.6) is 5.88 Å². The van der Waals surface area contributed by atoms with E-state index in [1.807, 2.05) is 32.0 Å². The molecule has 0 bridgehead atoms. The highest BCUT2D eigenvalue weighted by molar-refractivity contribution is 7.09. The number of anilines is 1. The lowest BCUT2D eigenvalue weighted by Crippen LogP contribution is -2.38. The van der Waals surface area contributed by atoms with E-state index >= 15 is 0 Å². The number of halogens is 1. The van der Waals surface area contributed by atoms with Gasteiger partial charge in [0.2, 0.25) is 17.1 Å². The number of carbonyl (C=O) groups is 1. The molecule has 0 saturated carbocycles. The van der Waals surface area contributed by atoms with Crippen LogP contribution in [0.3, 0.4) is 0 Å². The van der Waals surface area contributed by atoms with Gasteiger partial charge in [0.1, 0.15) is 17.5 Å². The molecule has 0 fully saturated rings. The molecule has 0 aliphatic carbocycles. The Balaban J connectivity index is 1.63. The van der Waals surface area contributed by atoms with E-state index in [1.165, 1.54) is 6.33 Å². The van der Waals surface area contributed by atoms with Crippen molar-refractivity contribution in [2.24, 2.45) is 0 Å². The summed E-state index contributed by atoms with van der Waals surface area (Å²) in [5, 5.41) is 8.53. The third-order valence-electron chi connectivity index (χ3n) is 4.29. The Morgan fingerprint density at radius 2 is 2.09 bits per heavy atom. The van der Waals surface area contributed by atoms with Crippen LogP contribution in [-0.4, -0.2) is 53.8 Å². The zero-order valence-corrected chi connectivity index (χ0v) is 19.1. The molecule has 166 valence electrons. The number of rotatable bonds is 8. The molecule has 0 unspecified atom stereocenters. The normalized spacial score (nSPS) is 12.3. The van der Waals surface area contributed by atoms with Crippen molar-refractivity contribution in [3.05, 3.63) is 47.6 Å². The maximum Gasteiger partial charge on any atom is 0.269 e. The molecule has 4 aromatic rings. The van der Waals surface area contributed by atoms with Gasteiger partial charge in [-0.2, -0.15) is 9.47 Å². The number of nitrogens with one attached hydrogen (secondary N) is 1. The van der Waals surface area contributed by atoms with Gasteiger partial charge >= 0.3 is 0 Å². The minimum absolute atomic E-state index is 0.0193. The first-order valence-corrected chi connectivity index (χ1v) is 10.9. The molecule has 4 rings (SSSR count). The largest absolute Gasteiger partial charge is 0.461 e. The van der Waals surface area contributed by atoms with Crippen molar-refractivity contribution in [3.8, 4) is 11.6 Å². The van der Waals surface area contributed by atoms with Gasteiger partial charge in [-0.25, -0.2) is 19.6 Å². The van der Waals surface area contributed by atoms with Crippen LogP contribution in [0.2, 0.25) is 5.02 Å². The van der Waals surface area contributed by atoms with E-state index < -0.39 is 12.0 Å². The molecule has 1 aromatic carbocycles. The van der Waals surface area contributed by atoms with Crippen molar-refractivity contribution in [1.82, 2.24) is 29.1 Å².